The second-order valence-corrected chi connectivity index (χ2v) is 10.0. The van der Waals surface area contributed by atoms with Crippen LogP contribution in [0.1, 0.15) is 45.9 Å². The van der Waals surface area contributed by atoms with Crippen molar-refractivity contribution in [2.24, 2.45) is 0 Å². The number of hydrogen-bond acceptors (Lipinski definition) is 3. The zero-order valence-electron chi connectivity index (χ0n) is 19.6. The molecule has 0 spiro atoms. The molecule has 2 atom stereocenters. The molecule has 0 radical (unpaired) electrons. The molecule has 4 aromatic rings. The van der Waals surface area contributed by atoms with Crippen molar-refractivity contribution < 1.29 is 0 Å². The summed E-state index contributed by atoms with van der Waals surface area (Å²) in [4.78, 5) is 11.6. The lowest BCUT2D eigenvalue weighted by molar-refractivity contribution is 0.565. The third-order valence-electron chi connectivity index (χ3n) is 6.43. The summed E-state index contributed by atoms with van der Waals surface area (Å²) in [6.45, 7) is 8.44. The molecule has 5 nitrogen and oxygen atoms in total. The monoisotopic (exact) mass is 531 g/mol. The minimum absolute atomic E-state index is 0.0617. The summed E-state index contributed by atoms with van der Waals surface area (Å²) in [5, 5.41) is 4.26. The number of hydrogen-bond donors (Lipinski definition) is 1. The van der Waals surface area contributed by atoms with Crippen LogP contribution in [0.15, 0.2) is 71.5 Å². The summed E-state index contributed by atoms with van der Waals surface area (Å²) < 4.78 is 3.30. The van der Waals surface area contributed by atoms with E-state index in [0.29, 0.717) is 5.11 Å². The van der Waals surface area contributed by atoms with Crippen molar-refractivity contribution in [1.29, 1.82) is 0 Å². The van der Waals surface area contributed by atoms with Gasteiger partial charge < -0.3 is 14.8 Å². The van der Waals surface area contributed by atoms with Crippen LogP contribution in [0.25, 0.3) is 5.82 Å². The quantitative estimate of drug-likeness (QED) is 0.307. The van der Waals surface area contributed by atoms with Gasteiger partial charge in [0.25, 0.3) is 0 Å². The number of aromatic nitrogens is 3. The van der Waals surface area contributed by atoms with Crippen molar-refractivity contribution in [2.75, 3.05) is 4.90 Å². The van der Waals surface area contributed by atoms with Gasteiger partial charge in [-0.1, -0.05) is 28.1 Å². The predicted octanol–water partition coefficient (Wildman–Crippen LogP) is 6.44. The summed E-state index contributed by atoms with van der Waals surface area (Å²) in [6, 6.07) is 18.7. The van der Waals surface area contributed by atoms with Crippen molar-refractivity contribution >= 4 is 38.9 Å². The highest BCUT2D eigenvalue weighted by molar-refractivity contribution is 9.10. The molecular weight excluding hydrogens is 506 g/mol. The van der Waals surface area contributed by atoms with Crippen molar-refractivity contribution in [3.63, 3.8) is 0 Å². The lowest BCUT2D eigenvalue weighted by Gasteiger charge is -2.28. The number of halogens is 1. The van der Waals surface area contributed by atoms with Crippen LogP contribution in [0.2, 0.25) is 0 Å². The number of nitrogens with zero attached hydrogens (tertiary/aromatic N) is 4. The van der Waals surface area contributed by atoms with Gasteiger partial charge in [0.1, 0.15) is 5.82 Å². The molecule has 7 heteroatoms. The van der Waals surface area contributed by atoms with E-state index in [0.717, 1.165) is 44.2 Å². The zero-order valence-corrected chi connectivity index (χ0v) is 22.0. The topological polar surface area (TPSA) is 46.0 Å². The molecule has 0 saturated carbocycles. The molecule has 172 valence electrons. The fourth-order valence-corrected chi connectivity index (χ4v) is 5.35. The molecule has 1 fully saturated rings. The molecule has 1 saturated heterocycles. The highest BCUT2D eigenvalue weighted by Crippen LogP contribution is 2.44. The lowest BCUT2D eigenvalue weighted by atomic mass is 9.96. The standard InChI is InChI=1S/C27H26BrN5S/c1-16-8-11-24(30-15-16)32-18(3)14-21(19(32)4)26-25(23-7-5-6-12-29-23)31-27(34)33(26)20-9-10-22(28)17(2)13-20/h5-15,25-26H,1-4H3,(H,31,34)/t25-,26+/m0/s1. The van der Waals surface area contributed by atoms with Crippen LogP contribution in [0.5, 0.6) is 0 Å². The minimum atomic E-state index is -0.0856. The molecule has 0 amide bonds. The number of benzene rings is 1. The van der Waals surface area contributed by atoms with Crippen molar-refractivity contribution in [1.82, 2.24) is 19.9 Å². The van der Waals surface area contributed by atoms with Crippen LogP contribution in [0.4, 0.5) is 5.69 Å². The Kier molecular flexibility index (Phi) is 6.00. The number of rotatable bonds is 4. The van der Waals surface area contributed by atoms with E-state index in [1.165, 1.54) is 5.56 Å². The first-order valence-electron chi connectivity index (χ1n) is 11.2. The smallest absolute Gasteiger partial charge is 0.174 e. The van der Waals surface area contributed by atoms with Gasteiger partial charge in [-0.15, -0.1) is 0 Å². The van der Waals surface area contributed by atoms with Gasteiger partial charge in [0, 0.05) is 33.9 Å². The fourth-order valence-electron chi connectivity index (χ4n) is 4.76. The third kappa shape index (κ3) is 3.93. The van der Waals surface area contributed by atoms with Crippen molar-refractivity contribution in [3.05, 3.63) is 105 Å². The molecule has 0 bridgehead atoms. The summed E-state index contributed by atoms with van der Waals surface area (Å²) in [5.74, 6) is 0.917. The summed E-state index contributed by atoms with van der Waals surface area (Å²) in [6.07, 6.45) is 3.75. The van der Waals surface area contributed by atoms with Crippen LogP contribution in [-0.2, 0) is 0 Å². The van der Waals surface area contributed by atoms with E-state index in [4.69, 9.17) is 17.2 Å². The van der Waals surface area contributed by atoms with Crippen molar-refractivity contribution in [2.45, 2.75) is 39.8 Å². The second-order valence-electron chi connectivity index (χ2n) is 8.79. The number of aryl methyl sites for hydroxylation is 3. The Hall–Kier alpha value is -3.03. The van der Waals surface area contributed by atoms with E-state index in [1.807, 2.05) is 24.5 Å². The maximum absolute atomic E-state index is 5.90. The van der Waals surface area contributed by atoms with Gasteiger partial charge in [-0.05, 0) is 99.1 Å². The van der Waals surface area contributed by atoms with E-state index in [1.54, 1.807) is 0 Å². The molecule has 5 rings (SSSR count). The largest absolute Gasteiger partial charge is 0.351 e. The molecule has 1 aliphatic rings. The molecule has 4 heterocycles. The average molecular weight is 533 g/mol. The molecular formula is C27H26BrN5S. The maximum Gasteiger partial charge on any atom is 0.174 e. The first-order chi connectivity index (χ1) is 16.3. The Bertz CT molecular complexity index is 1360. The number of pyridine rings is 2. The third-order valence-corrected chi connectivity index (χ3v) is 7.64. The maximum atomic E-state index is 5.90. The van der Waals surface area contributed by atoms with Gasteiger partial charge >= 0.3 is 0 Å². The minimum Gasteiger partial charge on any atom is -0.351 e. The fraction of sp³-hybridized carbons (Fsp3) is 0.222. The van der Waals surface area contributed by atoms with E-state index < -0.39 is 0 Å². The summed E-state index contributed by atoms with van der Waals surface area (Å²) in [5.41, 5.74) is 7.80. The van der Waals surface area contributed by atoms with Crippen molar-refractivity contribution in [3.8, 4) is 5.82 Å². The average Bonchev–Trinajstić information content (AvgIpc) is 3.32. The van der Waals surface area contributed by atoms with Gasteiger partial charge in [-0.3, -0.25) is 4.98 Å². The first-order valence-corrected chi connectivity index (χ1v) is 12.4. The van der Waals surface area contributed by atoms with Crippen LogP contribution in [0.3, 0.4) is 0 Å². The second kappa shape index (κ2) is 8.96. The Labute approximate surface area is 214 Å². The normalized spacial score (nSPS) is 17.8. The molecule has 3 aromatic heterocycles. The molecule has 1 aliphatic heterocycles. The van der Waals surface area contributed by atoms with Gasteiger partial charge in [0.2, 0.25) is 0 Å². The van der Waals surface area contributed by atoms with Gasteiger partial charge in [-0.2, -0.15) is 0 Å². The summed E-state index contributed by atoms with van der Waals surface area (Å²) in [7, 11) is 0. The van der Waals surface area contributed by atoms with Crippen LogP contribution in [0, 0.1) is 27.7 Å². The Balaban J connectivity index is 1.68. The molecule has 0 unspecified atom stereocenters. The molecule has 34 heavy (non-hydrogen) atoms. The van der Waals surface area contributed by atoms with Gasteiger partial charge in [-0.25, -0.2) is 4.98 Å². The highest BCUT2D eigenvalue weighted by Gasteiger charge is 2.42. The number of anilines is 1. The van der Waals surface area contributed by atoms with E-state index in [9.17, 15) is 0 Å². The lowest BCUT2D eigenvalue weighted by Crippen LogP contribution is -2.29. The van der Waals surface area contributed by atoms with E-state index >= 15 is 0 Å². The van der Waals surface area contributed by atoms with Gasteiger partial charge in [0.05, 0.1) is 17.8 Å². The number of thiocarbonyl (C=S) groups is 1. The van der Waals surface area contributed by atoms with E-state index in [2.05, 4.69) is 106 Å². The molecule has 1 aromatic carbocycles. The Morgan fingerprint density at radius 3 is 2.47 bits per heavy atom. The highest BCUT2D eigenvalue weighted by atomic mass is 79.9. The SMILES string of the molecule is Cc1ccc(-n2c(C)cc([C@@H]3[C@H](c4ccccn4)NC(=S)N3c3ccc(Br)c(C)c3)c2C)nc1. The van der Waals surface area contributed by atoms with Crippen LogP contribution < -0.4 is 10.2 Å². The first kappa shape index (κ1) is 22.7. The zero-order chi connectivity index (χ0) is 24.0. The van der Waals surface area contributed by atoms with E-state index in [-0.39, 0.29) is 12.1 Å². The predicted molar refractivity (Wildman–Crippen MR) is 145 cm³/mol. The van der Waals surface area contributed by atoms with Crippen LogP contribution in [-0.4, -0.2) is 19.6 Å². The molecule has 0 aliphatic carbocycles. The Morgan fingerprint density at radius 2 is 1.79 bits per heavy atom. The number of nitrogens with one attached hydrogen (secondary N) is 1. The summed E-state index contributed by atoms with van der Waals surface area (Å²) >= 11 is 9.53. The Morgan fingerprint density at radius 1 is 0.971 bits per heavy atom. The van der Waals surface area contributed by atoms with Crippen LogP contribution >= 0.6 is 28.1 Å². The molecule has 1 N–H and O–H groups in total. The van der Waals surface area contributed by atoms with Gasteiger partial charge in [0.15, 0.2) is 5.11 Å².